The summed E-state index contributed by atoms with van der Waals surface area (Å²) in [6.45, 7) is 5.00. The summed E-state index contributed by atoms with van der Waals surface area (Å²) in [4.78, 5) is 27.1. The Balaban J connectivity index is 1.50. The molecule has 0 saturated carbocycles. The van der Waals surface area contributed by atoms with Gasteiger partial charge in [0.25, 0.3) is 5.91 Å². The van der Waals surface area contributed by atoms with Gasteiger partial charge >= 0.3 is 6.03 Å². The Morgan fingerprint density at radius 1 is 0.882 bits per heavy atom. The number of nitrogens with one attached hydrogen (secondary N) is 1. The van der Waals surface area contributed by atoms with Gasteiger partial charge in [-0.05, 0) is 49.2 Å². The number of hydrogen-bond acceptors (Lipinski definition) is 2. The topological polar surface area (TPSA) is 54.3 Å². The van der Waals surface area contributed by atoms with Gasteiger partial charge in [-0.2, -0.15) is 0 Å². The molecule has 1 saturated heterocycles. The molecule has 0 aliphatic carbocycles. The van der Waals surface area contributed by atoms with Gasteiger partial charge in [0.05, 0.1) is 6.54 Å². The summed E-state index contributed by atoms with van der Waals surface area (Å²) in [6, 6.07) is 23.9. The second kappa shape index (κ2) is 8.95. The average molecular weight is 514 g/mol. The summed E-state index contributed by atoms with van der Waals surface area (Å²) in [5, 5.41) is 3.82. The lowest BCUT2D eigenvalue weighted by atomic mass is 10.1. The van der Waals surface area contributed by atoms with Gasteiger partial charge in [0.2, 0.25) is 0 Å². The molecule has 4 aromatic rings. The average Bonchev–Trinajstić information content (AvgIpc) is 3.24. The molecule has 170 valence electrons. The Kier molecular flexibility index (Phi) is 5.84. The van der Waals surface area contributed by atoms with Crippen molar-refractivity contribution in [1.82, 2.24) is 14.8 Å². The minimum atomic E-state index is -0.394. The predicted molar refractivity (Wildman–Crippen MR) is 138 cm³/mol. The Labute approximate surface area is 206 Å². The Morgan fingerprint density at radius 3 is 2.41 bits per heavy atom. The molecule has 0 spiro atoms. The molecule has 2 heterocycles. The maximum Gasteiger partial charge on any atom is 0.329 e. The first kappa shape index (κ1) is 22.2. The van der Waals surface area contributed by atoms with Crippen LogP contribution in [0.2, 0.25) is 0 Å². The third kappa shape index (κ3) is 4.17. The van der Waals surface area contributed by atoms with Crippen molar-refractivity contribution in [2.75, 3.05) is 0 Å². The number of para-hydroxylation sites is 1. The van der Waals surface area contributed by atoms with E-state index in [1.54, 1.807) is 0 Å². The first-order chi connectivity index (χ1) is 16.4. The number of halogens is 1. The van der Waals surface area contributed by atoms with Crippen LogP contribution in [0.3, 0.4) is 0 Å². The SMILES string of the molecule is Cc1cccc(CN2C(=O)N/C(=C/c3c(C)n(Cc4ccc(Br)cc4)c4ccccc34)C2=O)c1. The number of fused-ring (bicyclic) bond motifs is 1. The number of carbonyl (C=O) groups is 2. The number of aryl methyl sites for hydroxylation is 1. The molecule has 0 radical (unpaired) electrons. The van der Waals surface area contributed by atoms with Gasteiger partial charge in [-0.1, -0.05) is 76.1 Å². The lowest BCUT2D eigenvalue weighted by molar-refractivity contribution is -0.123. The maximum absolute atomic E-state index is 13.1. The first-order valence-corrected chi connectivity index (χ1v) is 11.9. The second-order valence-electron chi connectivity index (χ2n) is 8.60. The molecule has 0 atom stereocenters. The summed E-state index contributed by atoms with van der Waals surface area (Å²) in [5.74, 6) is -0.310. The van der Waals surface area contributed by atoms with Gasteiger partial charge in [0, 0.05) is 33.2 Å². The minimum absolute atomic E-state index is 0.244. The molecule has 1 aliphatic heterocycles. The van der Waals surface area contributed by atoms with Crippen LogP contribution in [0.4, 0.5) is 4.79 Å². The molecular weight excluding hydrogens is 490 g/mol. The van der Waals surface area contributed by atoms with Crippen LogP contribution >= 0.6 is 15.9 Å². The lowest BCUT2D eigenvalue weighted by Crippen LogP contribution is -2.30. The van der Waals surface area contributed by atoms with E-state index in [4.69, 9.17) is 0 Å². The standard InChI is InChI=1S/C28H24BrN3O2/c1-18-6-5-7-21(14-18)17-32-27(33)25(30-28(32)34)15-24-19(2)31(26-9-4-3-8-23(24)26)16-20-10-12-22(29)13-11-20/h3-15H,16-17H2,1-2H3,(H,30,34)/b25-15+. The monoisotopic (exact) mass is 513 g/mol. The molecule has 1 fully saturated rings. The molecule has 3 amide bonds. The van der Waals surface area contributed by atoms with E-state index in [0.717, 1.165) is 37.8 Å². The van der Waals surface area contributed by atoms with Crippen molar-refractivity contribution in [3.8, 4) is 0 Å². The summed E-state index contributed by atoms with van der Waals surface area (Å²) in [6.07, 6.45) is 1.81. The molecular formula is C28H24BrN3O2. The predicted octanol–water partition coefficient (Wildman–Crippen LogP) is 6.16. The summed E-state index contributed by atoms with van der Waals surface area (Å²) in [7, 11) is 0. The van der Waals surface area contributed by atoms with Gasteiger partial charge in [-0.25, -0.2) is 4.79 Å². The van der Waals surface area contributed by atoms with E-state index in [2.05, 4.69) is 57.0 Å². The van der Waals surface area contributed by atoms with Crippen molar-refractivity contribution < 1.29 is 9.59 Å². The second-order valence-corrected chi connectivity index (χ2v) is 9.51. The largest absolute Gasteiger partial charge is 0.340 e. The third-order valence-corrected chi connectivity index (χ3v) is 6.74. The highest BCUT2D eigenvalue weighted by Gasteiger charge is 2.34. The fraction of sp³-hybridized carbons (Fsp3) is 0.143. The van der Waals surface area contributed by atoms with E-state index in [-0.39, 0.29) is 12.5 Å². The number of aromatic nitrogens is 1. The highest BCUT2D eigenvalue weighted by atomic mass is 79.9. The van der Waals surface area contributed by atoms with Crippen LogP contribution in [0.15, 0.2) is 83.0 Å². The number of nitrogens with zero attached hydrogens (tertiary/aromatic N) is 2. The zero-order valence-corrected chi connectivity index (χ0v) is 20.6. The van der Waals surface area contributed by atoms with Gasteiger partial charge in [-0.3, -0.25) is 9.69 Å². The fourth-order valence-corrected chi connectivity index (χ4v) is 4.73. The van der Waals surface area contributed by atoms with Crippen LogP contribution in [-0.2, 0) is 17.9 Å². The maximum atomic E-state index is 13.1. The third-order valence-electron chi connectivity index (χ3n) is 6.21. The molecule has 0 unspecified atom stereocenters. The number of urea groups is 1. The Morgan fingerprint density at radius 2 is 1.65 bits per heavy atom. The normalized spacial score (nSPS) is 14.9. The van der Waals surface area contributed by atoms with Gasteiger partial charge < -0.3 is 9.88 Å². The molecule has 5 nitrogen and oxygen atoms in total. The van der Waals surface area contributed by atoms with E-state index in [0.29, 0.717) is 12.2 Å². The number of benzene rings is 3. The van der Waals surface area contributed by atoms with E-state index in [9.17, 15) is 9.59 Å². The zero-order valence-electron chi connectivity index (χ0n) is 19.0. The summed E-state index contributed by atoms with van der Waals surface area (Å²) in [5.41, 5.74) is 6.56. The lowest BCUT2D eigenvalue weighted by Gasteiger charge is -2.12. The van der Waals surface area contributed by atoms with Crippen molar-refractivity contribution in [3.63, 3.8) is 0 Å². The number of carbonyl (C=O) groups excluding carboxylic acids is 2. The zero-order chi connectivity index (χ0) is 23.8. The highest BCUT2D eigenvalue weighted by molar-refractivity contribution is 9.10. The number of hydrogen-bond donors (Lipinski definition) is 1. The van der Waals surface area contributed by atoms with Crippen LogP contribution in [-0.4, -0.2) is 21.4 Å². The summed E-state index contributed by atoms with van der Waals surface area (Å²) < 4.78 is 3.29. The van der Waals surface area contributed by atoms with E-state index >= 15 is 0 Å². The van der Waals surface area contributed by atoms with Gasteiger partial charge in [0.1, 0.15) is 5.70 Å². The highest BCUT2D eigenvalue weighted by Crippen LogP contribution is 2.30. The summed E-state index contributed by atoms with van der Waals surface area (Å²) >= 11 is 3.49. The van der Waals surface area contributed by atoms with Crippen LogP contribution in [0.25, 0.3) is 17.0 Å². The molecule has 6 heteroatoms. The molecule has 5 rings (SSSR count). The quantitative estimate of drug-likeness (QED) is 0.256. The first-order valence-electron chi connectivity index (χ1n) is 11.1. The van der Waals surface area contributed by atoms with Crippen LogP contribution < -0.4 is 5.32 Å². The Hall–Kier alpha value is -3.64. The fourth-order valence-electron chi connectivity index (χ4n) is 4.47. The number of amides is 3. The van der Waals surface area contributed by atoms with Crippen molar-refractivity contribution in [2.24, 2.45) is 0 Å². The van der Waals surface area contributed by atoms with Gasteiger partial charge in [0.15, 0.2) is 0 Å². The minimum Gasteiger partial charge on any atom is -0.340 e. The van der Waals surface area contributed by atoms with E-state index in [1.165, 1.54) is 10.5 Å². The van der Waals surface area contributed by atoms with Crippen molar-refractivity contribution in [3.05, 3.63) is 111 Å². The van der Waals surface area contributed by atoms with Crippen LogP contribution in [0.5, 0.6) is 0 Å². The van der Waals surface area contributed by atoms with E-state index < -0.39 is 6.03 Å². The van der Waals surface area contributed by atoms with Crippen molar-refractivity contribution >= 4 is 44.8 Å². The molecule has 0 bridgehead atoms. The molecule has 1 aliphatic rings. The van der Waals surface area contributed by atoms with Crippen LogP contribution in [0.1, 0.15) is 27.9 Å². The molecule has 34 heavy (non-hydrogen) atoms. The molecule has 1 aromatic heterocycles. The molecule has 1 N–H and O–H groups in total. The smallest absolute Gasteiger partial charge is 0.329 e. The van der Waals surface area contributed by atoms with E-state index in [1.807, 2.05) is 61.5 Å². The molecule has 3 aromatic carbocycles. The Bertz CT molecular complexity index is 1450. The van der Waals surface area contributed by atoms with Crippen molar-refractivity contribution in [1.29, 1.82) is 0 Å². The van der Waals surface area contributed by atoms with Gasteiger partial charge in [-0.15, -0.1) is 0 Å². The van der Waals surface area contributed by atoms with Crippen molar-refractivity contribution in [2.45, 2.75) is 26.9 Å². The van der Waals surface area contributed by atoms with Crippen LogP contribution in [0, 0.1) is 13.8 Å². The number of imide groups is 1. The number of rotatable bonds is 5.